The van der Waals surface area contributed by atoms with Crippen LogP contribution >= 0.6 is 0 Å². The molecule has 2 aromatic carbocycles. The molecule has 146 valence electrons. The van der Waals surface area contributed by atoms with Crippen molar-refractivity contribution in [3.63, 3.8) is 0 Å². The van der Waals surface area contributed by atoms with E-state index in [1.54, 1.807) is 23.1 Å². The van der Waals surface area contributed by atoms with Crippen LogP contribution in [0.5, 0.6) is 0 Å². The number of hydrogen-bond donors (Lipinski definition) is 0. The number of amides is 2. The van der Waals surface area contributed by atoms with E-state index in [0.29, 0.717) is 30.8 Å². The van der Waals surface area contributed by atoms with E-state index < -0.39 is 5.97 Å². The molecule has 0 N–H and O–H groups in total. The molecule has 0 atom stereocenters. The molecule has 0 bridgehead atoms. The zero-order valence-corrected chi connectivity index (χ0v) is 16.2. The summed E-state index contributed by atoms with van der Waals surface area (Å²) in [7, 11) is 1.30. The van der Waals surface area contributed by atoms with Crippen LogP contribution in [0.1, 0.15) is 34.3 Å². The number of benzene rings is 2. The van der Waals surface area contributed by atoms with Crippen LogP contribution in [0.4, 0.5) is 5.69 Å². The van der Waals surface area contributed by atoms with E-state index in [9.17, 15) is 14.4 Å². The van der Waals surface area contributed by atoms with E-state index in [1.165, 1.54) is 12.0 Å². The number of esters is 1. The molecule has 28 heavy (non-hydrogen) atoms. The van der Waals surface area contributed by atoms with Gasteiger partial charge in [0.25, 0.3) is 5.91 Å². The average molecular weight is 380 g/mol. The minimum absolute atomic E-state index is 0.0657. The highest BCUT2D eigenvalue weighted by molar-refractivity contribution is 5.99. The first kappa shape index (κ1) is 19.6. The Bertz CT molecular complexity index is 894. The van der Waals surface area contributed by atoms with Gasteiger partial charge in [-0.25, -0.2) is 0 Å². The van der Waals surface area contributed by atoms with Gasteiger partial charge in [0.1, 0.15) is 6.54 Å². The number of nitrogens with zero attached hydrogens (tertiary/aromatic N) is 2. The summed E-state index contributed by atoms with van der Waals surface area (Å²) in [5, 5.41) is 0. The first-order chi connectivity index (χ1) is 13.5. The Kier molecular flexibility index (Phi) is 6.09. The zero-order valence-electron chi connectivity index (χ0n) is 16.2. The van der Waals surface area contributed by atoms with E-state index >= 15 is 0 Å². The molecule has 0 aromatic heterocycles. The van der Waals surface area contributed by atoms with Gasteiger partial charge < -0.3 is 14.5 Å². The second-order valence-electron chi connectivity index (χ2n) is 6.86. The van der Waals surface area contributed by atoms with Crippen molar-refractivity contribution in [2.24, 2.45) is 0 Å². The molecule has 0 saturated carbocycles. The minimum atomic E-state index is -0.479. The molecule has 6 nitrogen and oxygen atoms in total. The normalized spacial score (nSPS) is 13.5. The van der Waals surface area contributed by atoms with Crippen molar-refractivity contribution in [2.45, 2.75) is 26.3 Å². The van der Waals surface area contributed by atoms with Crippen LogP contribution in [-0.4, -0.2) is 42.9 Å². The summed E-state index contributed by atoms with van der Waals surface area (Å²) in [4.78, 5) is 40.2. The second-order valence-corrected chi connectivity index (χ2v) is 6.86. The zero-order chi connectivity index (χ0) is 20.1. The van der Waals surface area contributed by atoms with Gasteiger partial charge in [0.15, 0.2) is 0 Å². The lowest BCUT2D eigenvalue weighted by molar-refractivity contribution is -0.141. The summed E-state index contributed by atoms with van der Waals surface area (Å²) in [6.45, 7) is 2.78. The molecular weight excluding hydrogens is 356 g/mol. The van der Waals surface area contributed by atoms with Crippen LogP contribution < -0.4 is 4.90 Å². The lowest BCUT2D eigenvalue weighted by Crippen LogP contribution is -2.36. The van der Waals surface area contributed by atoms with Gasteiger partial charge in [-0.1, -0.05) is 30.3 Å². The summed E-state index contributed by atoms with van der Waals surface area (Å²) in [5.74, 6) is -0.689. The Morgan fingerprint density at radius 2 is 1.93 bits per heavy atom. The maximum Gasteiger partial charge on any atom is 0.325 e. The molecule has 3 rings (SSSR count). The standard InChI is InChI=1S/C22H24N2O4/c1-16-7-3-4-8-18(16)14-23(15-21(26)28-2)22(27)17-9-5-10-19(13-17)24-12-6-11-20(24)25/h3-5,7-10,13H,6,11-12,14-15H2,1-2H3. The van der Waals surface area contributed by atoms with Gasteiger partial charge in [0.05, 0.1) is 7.11 Å². The predicted octanol–water partition coefficient (Wildman–Crippen LogP) is 2.94. The fourth-order valence-electron chi connectivity index (χ4n) is 3.32. The summed E-state index contributed by atoms with van der Waals surface area (Å²) in [6.07, 6.45) is 1.35. The van der Waals surface area contributed by atoms with Crippen LogP contribution in [0.3, 0.4) is 0 Å². The van der Waals surface area contributed by atoms with Crippen molar-refractivity contribution in [1.82, 2.24) is 4.90 Å². The number of ether oxygens (including phenoxy) is 1. The summed E-state index contributed by atoms with van der Waals surface area (Å²) < 4.78 is 4.77. The number of carbonyl (C=O) groups excluding carboxylic acids is 3. The van der Waals surface area contributed by atoms with Gasteiger partial charge in [-0.3, -0.25) is 14.4 Å². The average Bonchev–Trinajstić information content (AvgIpc) is 3.14. The van der Waals surface area contributed by atoms with Crippen LogP contribution in [0.25, 0.3) is 0 Å². The number of carbonyl (C=O) groups is 3. The molecule has 0 radical (unpaired) electrons. The third-order valence-electron chi connectivity index (χ3n) is 4.94. The van der Waals surface area contributed by atoms with Crippen molar-refractivity contribution >= 4 is 23.5 Å². The third-order valence-corrected chi connectivity index (χ3v) is 4.94. The maximum atomic E-state index is 13.2. The van der Waals surface area contributed by atoms with Crippen LogP contribution in [0.2, 0.25) is 0 Å². The fraction of sp³-hybridized carbons (Fsp3) is 0.318. The second kappa shape index (κ2) is 8.69. The Hall–Kier alpha value is -3.15. The number of hydrogen-bond acceptors (Lipinski definition) is 4. The molecule has 1 fully saturated rings. The minimum Gasteiger partial charge on any atom is -0.468 e. The van der Waals surface area contributed by atoms with Crippen molar-refractivity contribution in [3.05, 3.63) is 65.2 Å². The van der Waals surface area contributed by atoms with E-state index in [2.05, 4.69) is 0 Å². The van der Waals surface area contributed by atoms with E-state index in [1.807, 2.05) is 37.3 Å². The van der Waals surface area contributed by atoms with Gasteiger partial charge in [0, 0.05) is 30.8 Å². The van der Waals surface area contributed by atoms with Gasteiger partial charge >= 0.3 is 5.97 Å². The maximum absolute atomic E-state index is 13.2. The van der Waals surface area contributed by atoms with Crippen molar-refractivity contribution < 1.29 is 19.1 Å². The number of aryl methyl sites for hydroxylation is 1. The molecule has 1 saturated heterocycles. The molecule has 0 unspecified atom stereocenters. The molecule has 0 spiro atoms. The first-order valence-corrected chi connectivity index (χ1v) is 9.30. The Morgan fingerprint density at radius 3 is 2.61 bits per heavy atom. The molecule has 2 aromatic rings. The fourth-order valence-corrected chi connectivity index (χ4v) is 3.32. The molecule has 1 aliphatic heterocycles. The first-order valence-electron chi connectivity index (χ1n) is 9.30. The predicted molar refractivity (Wildman–Crippen MR) is 106 cm³/mol. The largest absolute Gasteiger partial charge is 0.468 e. The van der Waals surface area contributed by atoms with Gasteiger partial charge in [-0.05, 0) is 42.7 Å². The van der Waals surface area contributed by atoms with Gasteiger partial charge in [0.2, 0.25) is 5.91 Å². The van der Waals surface area contributed by atoms with Crippen LogP contribution in [0.15, 0.2) is 48.5 Å². The number of anilines is 1. The highest BCUT2D eigenvalue weighted by Crippen LogP contribution is 2.23. The Morgan fingerprint density at radius 1 is 1.14 bits per heavy atom. The Labute approximate surface area is 164 Å². The van der Waals surface area contributed by atoms with Crippen LogP contribution in [-0.2, 0) is 20.9 Å². The highest BCUT2D eigenvalue weighted by Gasteiger charge is 2.24. The monoisotopic (exact) mass is 380 g/mol. The lowest BCUT2D eigenvalue weighted by atomic mass is 10.1. The third kappa shape index (κ3) is 4.39. The summed E-state index contributed by atoms with van der Waals surface area (Å²) in [6, 6.07) is 14.7. The van der Waals surface area contributed by atoms with Crippen molar-refractivity contribution in [3.8, 4) is 0 Å². The summed E-state index contributed by atoms with van der Waals surface area (Å²) >= 11 is 0. The molecular formula is C22H24N2O4. The van der Waals surface area contributed by atoms with E-state index in [0.717, 1.165) is 17.5 Å². The van der Waals surface area contributed by atoms with Crippen molar-refractivity contribution in [1.29, 1.82) is 0 Å². The molecule has 1 aliphatic rings. The molecule has 2 amide bonds. The van der Waals surface area contributed by atoms with E-state index in [4.69, 9.17) is 4.74 Å². The lowest BCUT2D eigenvalue weighted by Gasteiger charge is -2.23. The number of rotatable bonds is 6. The van der Waals surface area contributed by atoms with Gasteiger partial charge in [-0.15, -0.1) is 0 Å². The molecule has 1 heterocycles. The van der Waals surface area contributed by atoms with Crippen LogP contribution in [0, 0.1) is 6.92 Å². The van der Waals surface area contributed by atoms with E-state index in [-0.39, 0.29) is 18.4 Å². The number of methoxy groups -OCH3 is 1. The quantitative estimate of drug-likeness (QED) is 0.723. The smallest absolute Gasteiger partial charge is 0.325 e. The summed E-state index contributed by atoms with van der Waals surface area (Å²) in [5.41, 5.74) is 3.16. The molecule has 6 heteroatoms. The SMILES string of the molecule is COC(=O)CN(Cc1ccccc1C)C(=O)c1cccc(N2CCCC2=O)c1. The molecule has 0 aliphatic carbocycles. The van der Waals surface area contributed by atoms with Gasteiger partial charge in [-0.2, -0.15) is 0 Å². The highest BCUT2D eigenvalue weighted by atomic mass is 16.5. The van der Waals surface area contributed by atoms with Crippen molar-refractivity contribution in [2.75, 3.05) is 25.1 Å². The Balaban J connectivity index is 1.87. The topological polar surface area (TPSA) is 66.9 Å².